The highest BCUT2D eigenvalue weighted by Gasteiger charge is 2.22. The van der Waals surface area contributed by atoms with Crippen LogP contribution in [0.1, 0.15) is 43.6 Å². The van der Waals surface area contributed by atoms with E-state index in [-0.39, 0.29) is 0 Å². The molecule has 1 aromatic heterocycles. The molecule has 0 unspecified atom stereocenters. The molecule has 0 radical (unpaired) electrons. The van der Waals surface area contributed by atoms with Gasteiger partial charge in [-0.1, -0.05) is 54.1 Å². The highest BCUT2D eigenvalue weighted by molar-refractivity contribution is 6.40. The maximum Gasteiger partial charge on any atom is 0.139 e. The van der Waals surface area contributed by atoms with E-state index in [9.17, 15) is 0 Å². The Hall–Kier alpha value is -0.890. The maximum absolute atomic E-state index is 6.39. The molecule has 1 fully saturated rings. The van der Waals surface area contributed by atoms with Gasteiger partial charge in [-0.15, -0.1) is 0 Å². The van der Waals surface area contributed by atoms with Crippen molar-refractivity contribution in [1.82, 2.24) is 0 Å². The fraction of sp³-hybridized carbons (Fsp3) is 0.333. The number of fused-ring (bicyclic) bond motifs is 3. The second-order valence-electron chi connectivity index (χ2n) is 6.07. The van der Waals surface area contributed by atoms with Crippen molar-refractivity contribution in [2.45, 2.75) is 38.0 Å². The van der Waals surface area contributed by atoms with Gasteiger partial charge >= 0.3 is 0 Å². The number of hydrogen-bond donors (Lipinski definition) is 0. The lowest BCUT2D eigenvalue weighted by molar-refractivity contribution is 0.442. The molecule has 0 amide bonds. The zero-order valence-electron chi connectivity index (χ0n) is 12.0. The molecular formula is C18H15Cl3O. The molecule has 0 aliphatic heterocycles. The normalized spacial score (nSPS) is 16.7. The van der Waals surface area contributed by atoms with Crippen LogP contribution in [-0.4, -0.2) is 0 Å². The van der Waals surface area contributed by atoms with Crippen molar-refractivity contribution in [3.63, 3.8) is 0 Å². The second-order valence-corrected chi connectivity index (χ2v) is 7.35. The monoisotopic (exact) mass is 352 g/mol. The van der Waals surface area contributed by atoms with Crippen molar-refractivity contribution in [2.24, 2.45) is 0 Å². The Labute approximate surface area is 144 Å². The lowest BCUT2D eigenvalue weighted by atomic mass is 9.83. The Kier molecular flexibility index (Phi) is 3.76. The lowest BCUT2D eigenvalue weighted by Crippen LogP contribution is -2.04. The van der Waals surface area contributed by atoms with Crippen LogP contribution >= 0.6 is 34.8 Å². The summed E-state index contributed by atoms with van der Waals surface area (Å²) >= 11 is 18.9. The van der Waals surface area contributed by atoms with E-state index >= 15 is 0 Å². The van der Waals surface area contributed by atoms with Crippen LogP contribution in [0.4, 0.5) is 0 Å². The van der Waals surface area contributed by atoms with E-state index in [2.05, 4.69) is 6.07 Å². The molecule has 2 aromatic carbocycles. The summed E-state index contributed by atoms with van der Waals surface area (Å²) in [5.74, 6) is 0.518. The van der Waals surface area contributed by atoms with E-state index < -0.39 is 0 Å². The Morgan fingerprint density at radius 1 is 0.864 bits per heavy atom. The van der Waals surface area contributed by atoms with Crippen molar-refractivity contribution in [2.75, 3.05) is 0 Å². The van der Waals surface area contributed by atoms with Gasteiger partial charge in [0.15, 0.2) is 0 Å². The van der Waals surface area contributed by atoms with E-state index in [0.29, 0.717) is 16.0 Å². The summed E-state index contributed by atoms with van der Waals surface area (Å²) in [4.78, 5) is 0. The quantitative estimate of drug-likeness (QED) is 0.439. The molecule has 22 heavy (non-hydrogen) atoms. The van der Waals surface area contributed by atoms with Crippen LogP contribution < -0.4 is 0 Å². The molecular weight excluding hydrogens is 339 g/mol. The molecule has 1 saturated carbocycles. The summed E-state index contributed by atoms with van der Waals surface area (Å²) in [6.45, 7) is 0. The standard InChI is InChI=1S/C18H15Cl3O/c19-11-6-13(10-4-2-1-3-5-10)18-14(7-11)17-15(21)8-12(20)9-16(17)22-18/h6-10H,1-5H2. The number of benzene rings is 2. The number of halogens is 3. The molecule has 1 aliphatic carbocycles. The van der Waals surface area contributed by atoms with Gasteiger partial charge in [0.2, 0.25) is 0 Å². The van der Waals surface area contributed by atoms with E-state index in [0.717, 1.165) is 27.0 Å². The SMILES string of the molecule is Clc1cc(Cl)c2c(c1)oc1c(C3CCCCC3)cc(Cl)cc12. The van der Waals surface area contributed by atoms with Gasteiger partial charge in [-0.05, 0) is 42.5 Å². The summed E-state index contributed by atoms with van der Waals surface area (Å²) in [7, 11) is 0. The Morgan fingerprint density at radius 2 is 1.59 bits per heavy atom. The van der Waals surface area contributed by atoms with Gasteiger partial charge in [-0.3, -0.25) is 0 Å². The third-order valence-corrected chi connectivity index (χ3v) is 5.36. The van der Waals surface area contributed by atoms with Crippen molar-refractivity contribution in [3.05, 3.63) is 44.9 Å². The highest BCUT2D eigenvalue weighted by Crippen LogP contribution is 2.43. The average molecular weight is 354 g/mol. The van der Waals surface area contributed by atoms with Crippen LogP contribution in [0.5, 0.6) is 0 Å². The highest BCUT2D eigenvalue weighted by atomic mass is 35.5. The minimum Gasteiger partial charge on any atom is -0.456 e. The maximum atomic E-state index is 6.39. The molecule has 4 rings (SSSR count). The first-order valence-corrected chi connectivity index (χ1v) is 8.77. The van der Waals surface area contributed by atoms with Gasteiger partial charge in [0, 0.05) is 26.9 Å². The predicted molar refractivity (Wildman–Crippen MR) is 94.6 cm³/mol. The number of furan rings is 1. The summed E-state index contributed by atoms with van der Waals surface area (Å²) in [5, 5.41) is 3.83. The van der Waals surface area contributed by atoms with Crippen LogP contribution in [-0.2, 0) is 0 Å². The summed E-state index contributed by atoms with van der Waals surface area (Å²) in [6.07, 6.45) is 6.25. The van der Waals surface area contributed by atoms with Gasteiger partial charge in [0.05, 0.1) is 5.02 Å². The molecule has 0 spiro atoms. The zero-order valence-corrected chi connectivity index (χ0v) is 14.2. The lowest BCUT2D eigenvalue weighted by Gasteiger charge is -2.22. The predicted octanol–water partition coefficient (Wildman–Crippen LogP) is 7.59. The van der Waals surface area contributed by atoms with Crippen LogP contribution in [0.2, 0.25) is 15.1 Å². The fourth-order valence-corrected chi connectivity index (χ4v) is 4.44. The largest absolute Gasteiger partial charge is 0.456 e. The molecule has 1 nitrogen and oxygen atoms in total. The topological polar surface area (TPSA) is 13.1 Å². The minimum atomic E-state index is 0.518. The third-order valence-electron chi connectivity index (χ3n) is 4.63. The fourth-order valence-electron chi connectivity index (χ4n) is 3.63. The van der Waals surface area contributed by atoms with E-state index in [1.807, 2.05) is 12.1 Å². The van der Waals surface area contributed by atoms with Crippen LogP contribution in [0.15, 0.2) is 28.7 Å². The van der Waals surface area contributed by atoms with Crippen LogP contribution in [0, 0.1) is 0 Å². The Bertz CT molecular complexity index is 860. The summed E-state index contributed by atoms with van der Waals surface area (Å²) in [5.41, 5.74) is 2.85. The molecule has 0 N–H and O–H groups in total. The van der Waals surface area contributed by atoms with Gasteiger partial charge in [-0.2, -0.15) is 0 Å². The molecule has 3 aromatic rings. The van der Waals surface area contributed by atoms with Crippen molar-refractivity contribution < 1.29 is 4.42 Å². The van der Waals surface area contributed by atoms with E-state index in [1.54, 1.807) is 6.07 Å². The van der Waals surface area contributed by atoms with Crippen molar-refractivity contribution in [3.8, 4) is 0 Å². The van der Waals surface area contributed by atoms with Gasteiger partial charge in [-0.25, -0.2) is 0 Å². The van der Waals surface area contributed by atoms with Gasteiger partial charge in [0.1, 0.15) is 11.2 Å². The molecule has 0 saturated heterocycles. The zero-order chi connectivity index (χ0) is 15.3. The molecule has 0 atom stereocenters. The molecule has 1 heterocycles. The van der Waals surface area contributed by atoms with Crippen molar-refractivity contribution >= 4 is 56.7 Å². The molecule has 114 valence electrons. The second kappa shape index (κ2) is 5.63. The first kappa shape index (κ1) is 14.7. The van der Waals surface area contributed by atoms with Crippen LogP contribution in [0.3, 0.4) is 0 Å². The first-order valence-electron chi connectivity index (χ1n) is 7.64. The smallest absolute Gasteiger partial charge is 0.139 e. The molecule has 4 heteroatoms. The first-order chi connectivity index (χ1) is 10.6. The van der Waals surface area contributed by atoms with Crippen LogP contribution in [0.25, 0.3) is 21.9 Å². The van der Waals surface area contributed by atoms with E-state index in [1.165, 1.54) is 37.7 Å². The third kappa shape index (κ3) is 2.40. The summed E-state index contributed by atoms with van der Waals surface area (Å²) in [6, 6.07) is 7.56. The average Bonchev–Trinajstić information content (AvgIpc) is 2.85. The molecule has 0 bridgehead atoms. The summed E-state index contributed by atoms with van der Waals surface area (Å²) < 4.78 is 6.13. The Balaban J connectivity index is 2.03. The van der Waals surface area contributed by atoms with Crippen molar-refractivity contribution in [1.29, 1.82) is 0 Å². The number of rotatable bonds is 1. The van der Waals surface area contributed by atoms with Gasteiger partial charge in [0.25, 0.3) is 0 Å². The Morgan fingerprint density at radius 3 is 2.36 bits per heavy atom. The minimum absolute atomic E-state index is 0.518. The van der Waals surface area contributed by atoms with Gasteiger partial charge < -0.3 is 4.42 Å². The van der Waals surface area contributed by atoms with E-state index in [4.69, 9.17) is 39.2 Å². The number of hydrogen-bond acceptors (Lipinski definition) is 1. The molecule has 1 aliphatic rings.